The Labute approximate surface area is 453 Å². The lowest BCUT2D eigenvalue weighted by atomic mass is 9.99. The number of hydrogen-bond donors (Lipinski definition) is 6. The number of rotatable bonds is 54. The molecule has 0 saturated carbocycles. The lowest BCUT2D eigenvalue weighted by Gasteiger charge is -2.40. The molecule has 11 heteroatoms. The van der Waals surface area contributed by atoms with Gasteiger partial charge in [-0.3, -0.25) is 9.59 Å². The highest BCUT2D eigenvalue weighted by Crippen LogP contribution is 2.23. The van der Waals surface area contributed by atoms with Crippen molar-refractivity contribution in [2.75, 3.05) is 19.8 Å². The minimum atomic E-state index is -1.57. The van der Waals surface area contributed by atoms with E-state index in [-0.39, 0.29) is 18.5 Å². The van der Waals surface area contributed by atoms with E-state index in [0.717, 1.165) is 57.8 Å². The van der Waals surface area contributed by atoms with E-state index in [1.54, 1.807) is 6.08 Å². The number of carbonyl (C=O) groups is 2. The van der Waals surface area contributed by atoms with E-state index in [4.69, 9.17) is 14.2 Å². The van der Waals surface area contributed by atoms with Crippen LogP contribution in [-0.4, -0.2) is 100 Å². The second-order valence-corrected chi connectivity index (χ2v) is 21.8. The average Bonchev–Trinajstić information content (AvgIpc) is 3.40. The van der Waals surface area contributed by atoms with Crippen molar-refractivity contribution in [2.45, 2.75) is 333 Å². The molecule has 0 aromatic rings. The molecule has 7 atom stereocenters. The first-order chi connectivity index (χ1) is 36.2. The number of aliphatic hydroxyl groups is 5. The van der Waals surface area contributed by atoms with Crippen LogP contribution < -0.4 is 5.32 Å². The first-order valence-corrected chi connectivity index (χ1v) is 31.3. The number of ether oxygens (including phenoxy) is 3. The largest absolute Gasteiger partial charge is 0.466 e. The average molecular weight is 1050 g/mol. The zero-order chi connectivity index (χ0) is 53.8. The van der Waals surface area contributed by atoms with Gasteiger partial charge in [-0.05, 0) is 77.0 Å². The van der Waals surface area contributed by atoms with Crippen molar-refractivity contribution in [3.8, 4) is 0 Å². The first-order valence-electron chi connectivity index (χ1n) is 31.3. The first kappa shape index (κ1) is 69.9. The van der Waals surface area contributed by atoms with Gasteiger partial charge >= 0.3 is 5.97 Å². The van der Waals surface area contributed by atoms with Gasteiger partial charge in [0.1, 0.15) is 24.4 Å². The van der Waals surface area contributed by atoms with Crippen LogP contribution in [0, 0.1) is 0 Å². The second kappa shape index (κ2) is 52.9. The predicted octanol–water partition coefficient (Wildman–Crippen LogP) is 14.7. The van der Waals surface area contributed by atoms with Crippen LogP contribution in [0.15, 0.2) is 36.5 Å². The van der Waals surface area contributed by atoms with Crippen molar-refractivity contribution in [1.82, 2.24) is 5.32 Å². The Hall–Kier alpha value is -2.12. The van der Waals surface area contributed by atoms with Crippen molar-refractivity contribution in [3.05, 3.63) is 36.5 Å². The minimum absolute atomic E-state index is 0.00714. The van der Waals surface area contributed by atoms with E-state index in [1.165, 1.54) is 205 Å². The summed E-state index contributed by atoms with van der Waals surface area (Å²) in [4.78, 5) is 25.0. The molecule has 74 heavy (non-hydrogen) atoms. The smallest absolute Gasteiger partial charge is 0.305 e. The second-order valence-electron chi connectivity index (χ2n) is 21.8. The highest BCUT2D eigenvalue weighted by Gasteiger charge is 2.44. The van der Waals surface area contributed by atoms with E-state index in [9.17, 15) is 35.1 Å². The topological polar surface area (TPSA) is 175 Å². The maximum absolute atomic E-state index is 13.0. The van der Waals surface area contributed by atoms with Gasteiger partial charge in [0.15, 0.2) is 6.29 Å². The van der Waals surface area contributed by atoms with Crippen LogP contribution in [0.2, 0.25) is 0 Å². The molecule has 1 aliphatic rings. The van der Waals surface area contributed by atoms with Crippen molar-refractivity contribution in [1.29, 1.82) is 0 Å². The molecule has 7 unspecified atom stereocenters. The number of carbonyl (C=O) groups excluding carboxylic acids is 2. The lowest BCUT2D eigenvalue weighted by molar-refractivity contribution is -0.302. The monoisotopic (exact) mass is 1050 g/mol. The van der Waals surface area contributed by atoms with Gasteiger partial charge in [0.2, 0.25) is 5.91 Å². The van der Waals surface area contributed by atoms with Crippen LogP contribution in [-0.2, 0) is 23.8 Å². The quantitative estimate of drug-likeness (QED) is 0.0195. The zero-order valence-corrected chi connectivity index (χ0v) is 47.8. The van der Waals surface area contributed by atoms with Crippen LogP contribution in [0.25, 0.3) is 0 Å². The minimum Gasteiger partial charge on any atom is -0.466 e. The summed E-state index contributed by atoms with van der Waals surface area (Å²) in [5.74, 6) is -0.193. The van der Waals surface area contributed by atoms with Gasteiger partial charge in [-0.1, -0.05) is 237 Å². The molecule has 1 rings (SSSR count). The number of aliphatic hydroxyl groups excluding tert-OH is 5. The van der Waals surface area contributed by atoms with Crippen molar-refractivity contribution in [3.63, 3.8) is 0 Å². The van der Waals surface area contributed by atoms with E-state index >= 15 is 0 Å². The lowest BCUT2D eigenvalue weighted by Crippen LogP contribution is -2.60. The fourth-order valence-electron chi connectivity index (χ4n) is 9.70. The molecule has 0 spiro atoms. The van der Waals surface area contributed by atoms with Crippen LogP contribution in [0.1, 0.15) is 290 Å². The molecule has 434 valence electrons. The van der Waals surface area contributed by atoms with Crippen molar-refractivity contribution < 1.29 is 49.3 Å². The number of amides is 1. The van der Waals surface area contributed by atoms with Gasteiger partial charge in [-0.25, -0.2) is 0 Å². The Morgan fingerprint density at radius 1 is 0.486 bits per heavy atom. The maximum atomic E-state index is 13.0. The molecule has 0 bridgehead atoms. The van der Waals surface area contributed by atoms with Gasteiger partial charge in [0.25, 0.3) is 0 Å². The summed E-state index contributed by atoms with van der Waals surface area (Å²) < 4.78 is 16.7. The molecule has 1 heterocycles. The third kappa shape index (κ3) is 42.0. The molecule has 0 radical (unpaired) electrons. The standard InChI is InChI=1S/C63H117NO10/c1-3-5-7-9-11-13-30-35-39-43-47-51-59(68)72-52-48-44-40-36-32-29-27-25-23-21-19-17-15-14-16-18-20-22-24-26-28-31-34-38-42-46-50-58(67)64-55(56(66)49-45-41-37-33-12-10-8-6-4-2)54-73-63-62(71)61(70)60(69)57(53-65)74-63/h9,11,14,16,45,49,55-57,60-63,65-66,69-71H,3-8,10,12-13,15,17-44,46-48,50-54H2,1-2H3,(H,64,67)/b11-9-,16-14-,49-45+. The normalized spacial score (nSPS) is 19.0. The highest BCUT2D eigenvalue weighted by molar-refractivity contribution is 5.76. The number of unbranched alkanes of at least 4 members (excludes halogenated alkanes) is 36. The van der Waals surface area contributed by atoms with Crippen LogP contribution in [0.3, 0.4) is 0 Å². The van der Waals surface area contributed by atoms with Crippen LogP contribution in [0.5, 0.6) is 0 Å². The maximum Gasteiger partial charge on any atom is 0.305 e. The van der Waals surface area contributed by atoms with Crippen molar-refractivity contribution >= 4 is 11.9 Å². The molecule has 6 N–H and O–H groups in total. The summed E-state index contributed by atoms with van der Waals surface area (Å²) in [5.41, 5.74) is 0. The van der Waals surface area contributed by atoms with E-state index in [1.807, 2.05) is 6.08 Å². The Morgan fingerprint density at radius 3 is 1.34 bits per heavy atom. The number of allylic oxidation sites excluding steroid dienone is 5. The fraction of sp³-hybridized carbons (Fsp3) is 0.873. The molecule has 1 fully saturated rings. The van der Waals surface area contributed by atoms with E-state index in [2.05, 4.69) is 43.5 Å². The van der Waals surface area contributed by atoms with Gasteiger partial charge in [0.05, 0.1) is 32.0 Å². The predicted molar refractivity (Wildman–Crippen MR) is 306 cm³/mol. The molecule has 1 saturated heterocycles. The Bertz CT molecular complexity index is 1320. The van der Waals surface area contributed by atoms with Gasteiger partial charge in [0, 0.05) is 12.8 Å². The van der Waals surface area contributed by atoms with Gasteiger partial charge in [-0.2, -0.15) is 0 Å². The Morgan fingerprint density at radius 2 is 0.878 bits per heavy atom. The fourth-order valence-corrected chi connectivity index (χ4v) is 9.70. The molecule has 0 aromatic heterocycles. The SMILES string of the molecule is CCCC/C=C\CCCCCCCC(=O)OCCCCCCCCCCCCCC/C=C\CCCCCCCCCCCCC(=O)NC(COC1OC(CO)C(O)C(O)C1O)C(O)/C=C/CCCCCCCCC. The highest BCUT2D eigenvalue weighted by atomic mass is 16.7. The summed E-state index contributed by atoms with van der Waals surface area (Å²) in [6.07, 6.45) is 55.5. The third-order valence-electron chi connectivity index (χ3n) is 14.7. The molecule has 11 nitrogen and oxygen atoms in total. The molecule has 0 aromatic carbocycles. The Kier molecular flexibility index (Phi) is 50.0. The molecular weight excluding hydrogens is 931 g/mol. The third-order valence-corrected chi connectivity index (χ3v) is 14.7. The van der Waals surface area contributed by atoms with Gasteiger partial charge < -0.3 is 45.1 Å². The number of nitrogens with one attached hydrogen (secondary N) is 1. The molecule has 1 amide bonds. The summed E-state index contributed by atoms with van der Waals surface area (Å²) in [7, 11) is 0. The summed E-state index contributed by atoms with van der Waals surface area (Å²) in [5, 5.41) is 54.2. The number of esters is 1. The zero-order valence-electron chi connectivity index (χ0n) is 47.8. The van der Waals surface area contributed by atoms with Crippen molar-refractivity contribution in [2.24, 2.45) is 0 Å². The van der Waals surface area contributed by atoms with Gasteiger partial charge in [-0.15, -0.1) is 0 Å². The molecular formula is C63H117NO10. The number of hydrogen-bond acceptors (Lipinski definition) is 10. The summed E-state index contributed by atoms with van der Waals surface area (Å²) in [6, 6.07) is -0.810. The molecule has 0 aliphatic carbocycles. The Balaban J connectivity index is 1.98. The summed E-state index contributed by atoms with van der Waals surface area (Å²) >= 11 is 0. The van der Waals surface area contributed by atoms with E-state index < -0.39 is 49.5 Å². The summed E-state index contributed by atoms with van der Waals surface area (Å²) in [6.45, 7) is 4.28. The molecule has 1 aliphatic heterocycles. The van der Waals surface area contributed by atoms with Crippen LogP contribution >= 0.6 is 0 Å². The van der Waals surface area contributed by atoms with E-state index in [0.29, 0.717) is 19.4 Å². The van der Waals surface area contributed by atoms with Crippen LogP contribution in [0.4, 0.5) is 0 Å².